The normalized spacial score (nSPS) is 30.1. The molecule has 2 aliphatic heterocycles. The van der Waals surface area contributed by atoms with Crippen LogP contribution in [0.25, 0.3) is 0 Å². The Labute approximate surface area is 260 Å². The largest absolute Gasteiger partial charge is 0.392 e. The van der Waals surface area contributed by atoms with Crippen LogP contribution in [0.4, 0.5) is 0 Å². The predicted octanol–water partition coefficient (Wildman–Crippen LogP) is 5.77. The second kappa shape index (κ2) is 19.3. The van der Waals surface area contributed by atoms with Crippen LogP contribution in [0.15, 0.2) is 24.3 Å². The number of hydrogen-bond donors (Lipinski definition) is 2. The summed E-state index contributed by atoms with van der Waals surface area (Å²) in [5, 5.41) is 11.2. The van der Waals surface area contributed by atoms with Gasteiger partial charge in [0, 0.05) is 32.0 Å². The molecule has 0 aromatic heterocycles. The Morgan fingerprint density at radius 3 is 2.44 bits per heavy atom. The average molecular weight is 628 g/mol. The minimum absolute atomic E-state index is 0.0712. The third-order valence-electron chi connectivity index (χ3n) is 8.70. The van der Waals surface area contributed by atoms with Crippen LogP contribution in [0.3, 0.4) is 0 Å². The molecule has 9 nitrogen and oxygen atoms in total. The molecule has 43 heavy (non-hydrogen) atoms. The Balaban J connectivity index is 1.65. The molecule has 1 amide bonds. The van der Waals surface area contributed by atoms with Gasteiger partial charge in [0.2, 0.25) is 15.9 Å². The molecular formula is C33H57NO8S. The second-order valence-corrected chi connectivity index (χ2v) is 14.5. The molecule has 0 aromatic carbocycles. The molecule has 10 heteroatoms. The van der Waals surface area contributed by atoms with Gasteiger partial charge in [-0.3, -0.25) is 9.52 Å². The number of nitrogens with one attached hydrogen (secondary N) is 1. The van der Waals surface area contributed by atoms with Crippen LogP contribution in [0.2, 0.25) is 0 Å². The highest BCUT2D eigenvalue weighted by Crippen LogP contribution is 2.40. The minimum atomic E-state index is -3.53. The second-order valence-electron chi connectivity index (χ2n) is 12.8. The summed E-state index contributed by atoms with van der Waals surface area (Å²) in [7, 11) is -3.53. The number of carbonyl (C=O) groups is 1. The standard InChI is InChI=1S/C33H57NO8S/c1-4-5-14-25(2)23-26(41-32-17-10-12-21-39-32)19-20-27-28(15-8-6-7-9-16-31(36)34-43(3,37)38)30(24-29(27)35)42-33-18-11-13-22-40-33/h6,8,19-20,25-30,32-33,35H,4-5,7,9-18,21-24H2,1-3H3,(H,34,36)/b8-6-,20-19+/t25-,26+,27+,28+,29+,30-,32?,33?/m0/s1. The third kappa shape index (κ3) is 14.1. The molecule has 2 saturated heterocycles. The molecule has 2 unspecified atom stereocenters. The van der Waals surface area contributed by atoms with Crippen molar-refractivity contribution in [3.05, 3.63) is 24.3 Å². The van der Waals surface area contributed by atoms with Gasteiger partial charge in [-0.1, -0.05) is 57.4 Å². The summed E-state index contributed by atoms with van der Waals surface area (Å²) in [5.41, 5.74) is 0. The van der Waals surface area contributed by atoms with Gasteiger partial charge in [0.25, 0.3) is 0 Å². The molecule has 3 rings (SSSR count). The monoisotopic (exact) mass is 627 g/mol. The smallest absolute Gasteiger partial charge is 0.233 e. The first-order valence-corrected chi connectivity index (χ1v) is 18.6. The van der Waals surface area contributed by atoms with Crippen LogP contribution in [-0.4, -0.2) is 69.8 Å². The maximum Gasteiger partial charge on any atom is 0.233 e. The van der Waals surface area contributed by atoms with Crippen molar-refractivity contribution in [2.45, 2.75) is 141 Å². The van der Waals surface area contributed by atoms with E-state index in [0.29, 0.717) is 31.8 Å². The lowest BCUT2D eigenvalue weighted by Gasteiger charge is -2.30. The van der Waals surface area contributed by atoms with Crippen molar-refractivity contribution in [1.29, 1.82) is 0 Å². The molecule has 1 saturated carbocycles. The number of rotatable bonds is 18. The van der Waals surface area contributed by atoms with Crippen LogP contribution in [0, 0.1) is 17.8 Å². The zero-order valence-corrected chi connectivity index (χ0v) is 27.5. The van der Waals surface area contributed by atoms with E-state index in [1.165, 1.54) is 19.3 Å². The Hall–Kier alpha value is -1.30. The van der Waals surface area contributed by atoms with Gasteiger partial charge in [0.15, 0.2) is 12.6 Å². The molecule has 3 aliphatic rings. The van der Waals surface area contributed by atoms with E-state index in [0.717, 1.165) is 64.2 Å². The Kier molecular flexibility index (Phi) is 16.2. The number of hydrogen-bond acceptors (Lipinski definition) is 8. The van der Waals surface area contributed by atoms with Gasteiger partial charge in [-0.15, -0.1) is 0 Å². The van der Waals surface area contributed by atoms with E-state index in [-0.39, 0.29) is 43.0 Å². The van der Waals surface area contributed by atoms with Gasteiger partial charge >= 0.3 is 0 Å². The maximum atomic E-state index is 11.8. The SMILES string of the molecule is CCCC[C@H](C)C[C@@H](/C=C/[C@@H]1[C@@H](C/C=C\CCCC(=O)NS(C)(=O)=O)[C@@H](OC2CCCCO2)C[C@H]1O)OC1CCCCO1. The van der Waals surface area contributed by atoms with Gasteiger partial charge in [-0.05, 0) is 76.0 Å². The fourth-order valence-electron chi connectivity index (χ4n) is 6.37. The van der Waals surface area contributed by atoms with E-state index in [4.69, 9.17) is 18.9 Å². The molecule has 1 aliphatic carbocycles. The summed E-state index contributed by atoms with van der Waals surface area (Å²) in [5.74, 6) is 0.0404. The lowest BCUT2D eigenvalue weighted by Crippen LogP contribution is -2.31. The van der Waals surface area contributed by atoms with Crippen molar-refractivity contribution in [2.24, 2.45) is 17.8 Å². The molecule has 0 spiro atoms. The van der Waals surface area contributed by atoms with Crippen molar-refractivity contribution in [3.8, 4) is 0 Å². The number of aliphatic hydroxyl groups excluding tert-OH is 1. The van der Waals surface area contributed by atoms with E-state index in [9.17, 15) is 18.3 Å². The maximum absolute atomic E-state index is 11.8. The lowest BCUT2D eigenvalue weighted by molar-refractivity contribution is -0.195. The van der Waals surface area contributed by atoms with Gasteiger partial charge in [0.1, 0.15) is 0 Å². The van der Waals surface area contributed by atoms with Gasteiger partial charge in [-0.25, -0.2) is 8.42 Å². The Bertz CT molecular complexity index is 958. The van der Waals surface area contributed by atoms with Crippen molar-refractivity contribution in [3.63, 3.8) is 0 Å². The zero-order chi connectivity index (χ0) is 31.1. The number of sulfonamides is 1. The third-order valence-corrected chi connectivity index (χ3v) is 9.30. The highest BCUT2D eigenvalue weighted by atomic mass is 32.2. The molecule has 3 fully saturated rings. The van der Waals surface area contributed by atoms with E-state index in [1.807, 2.05) is 10.8 Å². The molecular weight excluding hydrogens is 570 g/mol. The van der Waals surface area contributed by atoms with Crippen LogP contribution in [0.5, 0.6) is 0 Å². The molecule has 0 bridgehead atoms. The summed E-state index contributed by atoms with van der Waals surface area (Å²) >= 11 is 0. The van der Waals surface area contributed by atoms with Crippen LogP contribution in [-0.2, 0) is 33.8 Å². The van der Waals surface area contributed by atoms with Crippen molar-refractivity contribution < 1.29 is 37.3 Å². The summed E-state index contributed by atoms with van der Waals surface area (Å²) in [6.07, 6.45) is 21.6. The predicted molar refractivity (Wildman–Crippen MR) is 168 cm³/mol. The average Bonchev–Trinajstić information content (AvgIpc) is 3.25. The van der Waals surface area contributed by atoms with E-state index < -0.39 is 22.0 Å². The van der Waals surface area contributed by atoms with Gasteiger partial charge in [-0.2, -0.15) is 0 Å². The summed E-state index contributed by atoms with van der Waals surface area (Å²) in [6, 6.07) is 0. The van der Waals surface area contributed by atoms with Crippen molar-refractivity contribution in [1.82, 2.24) is 4.72 Å². The van der Waals surface area contributed by atoms with Crippen molar-refractivity contribution in [2.75, 3.05) is 19.5 Å². The number of amides is 1. The fourth-order valence-corrected chi connectivity index (χ4v) is 6.89. The minimum Gasteiger partial charge on any atom is -0.392 e. The molecule has 248 valence electrons. The molecule has 2 N–H and O–H groups in total. The summed E-state index contributed by atoms with van der Waals surface area (Å²) in [4.78, 5) is 11.8. The highest BCUT2D eigenvalue weighted by Gasteiger charge is 2.42. The summed E-state index contributed by atoms with van der Waals surface area (Å²) < 4.78 is 49.2. The number of aliphatic hydroxyl groups is 1. The molecule has 2 heterocycles. The van der Waals surface area contributed by atoms with Crippen molar-refractivity contribution >= 4 is 15.9 Å². The van der Waals surface area contributed by atoms with Gasteiger partial charge in [0.05, 0.1) is 24.6 Å². The number of ether oxygens (including phenoxy) is 4. The lowest BCUT2D eigenvalue weighted by atomic mass is 9.88. The van der Waals surface area contributed by atoms with E-state index >= 15 is 0 Å². The Morgan fingerprint density at radius 2 is 1.79 bits per heavy atom. The number of allylic oxidation sites excluding steroid dienone is 2. The zero-order valence-electron chi connectivity index (χ0n) is 26.7. The van der Waals surface area contributed by atoms with E-state index in [1.54, 1.807) is 0 Å². The molecule has 0 aromatic rings. The van der Waals surface area contributed by atoms with E-state index in [2.05, 4.69) is 32.1 Å². The summed E-state index contributed by atoms with van der Waals surface area (Å²) in [6.45, 7) is 5.96. The number of carbonyl (C=O) groups excluding carboxylic acids is 1. The molecule has 8 atom stereocenters. The first-order chi connectivity index (χ1) is 20.6. The van der Waals surface area contributed by atoms with Crippen LogP contribution >= 0.6 is 0 Å². The van der Waals surface area contributed by atoms with Crippen LogP contribution < -0.4 is 4.72 Å². The fraction of sp³-hybridized carbons (Fsp3) is 0.848. The number of unbranched alkanes of at least 4 members (excludes halogenated alkanes) is 2. The first-order valence-electron chi connectivity index (χ1n) is 16.7. The quantitative estimate of drug-likeness (QED) is 0.145. The first kappa shape index (κ1) is 36.2. The van der Waals surface area contributed by atoms with Crippen LogP contribution in [0.1, 0.15) is 110 Å². The highest BCUT2D eigenvalue weighted by molar-refractivity contribution is 7.89. The van der Waals surface area contributed by atoms with Gasteiger partial charge < -0.3 is 24.1 Å². The molecule has 0 radical (unpaired) electrons. The topological polar surface area (TPSA) is 120 Å². The Morgan fingerprint density at radius 1 is 1.07 bits per heavy atom.